The molecule has 20 heavy (non-hydrogen) atoms. The van der Waals surface area contributed by atoms with Crippen LogP contribution in [0.2, 0.25) is 0 Å². The number of carboxylic acid groups (broad SMARTS) is 1. The predicted octanol–water partition coefficient (Wildman–Crippen LogP) is 1.08. The van der Waals surface area contributed by atoms with E-state index in [1.165, 1.54) is 12.0 Å². The zero-order chi connectivity index (χ0) is 15.5. The van der Waals surface area contributed by atoms with Crippen molar-refractivity contribution in [1.29, 1.82) is 0 Å². The highest BCUT2D eigenvalue weighted by molar-refractivity contribution is 5.75. The molecule has 7 heteroatoms. The highest BCUT2D eigenvalue weighted by Crippen LogP contribution is 2.09. The zero-order valence-electron chi connectivity index (χ0n) is 12.3. The molecule has 0 bridgehead atoms. The summed E-state index contributed by atoms with van der Waals surface area (Å²) in [6.07, 6.45) is 1.64. The summed E-state index contributed by atoms with van der Waals surface area (Å²) in [6, 6.07) is -0.251. The van der Waals surface area contributed by atoms with Crippen molar-refractivity contribution in [3.05, 3.63) is 0 Å². The Morgan fingerprint density at radius 1 is 1.25 bits per heavy atom. The Morgan fingerprint density at radius 3 is 2.45 bits per heavy atom. The van der Waals surface area contributed by atoms with E-state index in [1.807, 2.05) is 6.92 Å². The number of esters is 1. The number of rotatable bonds is 9. The molecule has 0 aromatic rings. The van der Waals surface area contributed by atoms with Gasteiger partial charge < -0.3 is 20.1 Å². The van der Waals surface area contributed by atoms with Crippen LogP contribution in [0, 0.1) is 5.92 Å². The smallest absolute Gasteiger partial charge is 0.317 e. The van der Waals surface area contributed by atoms with Crippen molar-refractivity contribution in [3.63, 3.8) is 0 Å². The number of methoxy groups -OCH3 is 1. The molecule has 0 aromatic heterocycles. The molecule has 0 aliphatic heterocycles. The quantitative estimate of drug-likeness (QED) is 0.619. The summed E-state index contributed by atoms with van der Waals surface area (Å²) in [5.41, 5.74) is 0. The van der Waals surface area contributed by atoms with Gasteiger partial charge in [0.1, 0.15) is 0 Å². The van der Waals surface area contributed by atoms with Crippen LogP contribution >= 0.6 is 0 Å². The molecule has 0 aromatic carbocycles. The lowest BCUT2D eigenvalue weighted by molar-refractivity contribution is -0.141. The second kappa shape index (κ2) is 10.1. The standard InChI is InChI=1S/C13H24N2O5/c1-10(4-5-11(16)17)6-8-14-13(19)15(2)9-7-12(18)20-3/h10H,4-9H2,1-3H3,(H,14,19)(H,16,17). The second-order valence-corrected chi connectivity index (χ2v) is 4.81. The van der Waals surface area contributed by atoms with E-state index in [9.17, 15) is 14.4 Å². The number of amides is 2. The second-order valence-electron chi connectivity index (χ2n) is 4.81. The number of carboxylic acids is 1. The predicted molar refractivity (Wildman–Crippen MR) is 73.3 cm³/mol. The number of ether oxygens (including phenoxy) is 1. The van der Waals surface area contributed by atoms with Gasteiger partial charge in [-0.2, -0.15) is 0 Å². The minimum atomic E-state index is -0.802. The largest absolute Gasteiger partial charge is 0.481 e. The average Bonchev–Trinajstić information content (AvgIpc) is 2.41. The maximum absolute atomic E-state index is 11.7. The number of nitrogens with zero attached hydrogens (tertiary/aromatic N) is 1. The summed E-state index contributed by atoms with van der Waals surface area (Å²) in [5.74, 6) is -0.915. The topological polar surface area (TPSA) is 95.9 Å². The first kappa shape index (κ1) is 18.2. The van der Waals surface area contributed by atoms with Gasteiger partial charge in [-0.1, -0.05) is 6.92 Å². The number of aliphatic carboxylic acids is 1. The van der Waals surface area contributed by atoms with E-state index in [2.05, 4.69) is 10.1 Å². The summed E-state index contributed by atoms with van der Waals surface area (Å²) in [4.78, 5) is 34.4. The van der Waals surface area contributed by atoms with Crippen LogP contribution in [0.4, 0.5) is 4.79 Å². The van der Waals surface area contributed by atoms with Gasteiger partial charge in [0, 0.05) is 26.6 Å². The van der Waals surface area contributed by atoms with Gasteiger partial charge in [-0.3, -0.25) is 9.59 Å². The molecule has 0 spiro atoms. The Morgan fingerprint density at radius 2 is 1.90 bits per heavy atom. The normalized spacial score (nSPS) is 11.6. The van der Waals surface area contributed by atoms with Gasteiger partial charge in [-0.25, -0.2) is 4.79 Å². The van der Waals surface area contributed by atoms with E-state index in [0.717, 1.165) is 6.42 Å². The molecule has 2 N–H and O–H groups in total. The van der Waals surface area contributed by atoms with Crippen molar-refractivity contribution < 1.29 is 24.2 Å². The first-order valence-corrected chi connectivity index (χ1v) is 6.64. The molecule has 0 heterocycles. The lowest BCUT2D eigenvalue weighted by Gasteiger charge is -2.18. The third kappa shape index (κ3) is 9.18. The molecule has 0 saturated carbocycles. The van der Waals surface area contributed by atoms with E-state index >= 15 is 0 Å². The number of carbonyl (C=O) groups is 3. The van der Waals surface area contributed by atoms with Crippen LogP contribution in [-0.4, -0.2) is 55.2 Å². The van der Waals surface area contributed by atoms with Gasteiger partial charge in [-0.05, 0) is 18.8 Å². The molecule has 1 unspecified atom stereocenters. The van der Waals surface area contributed by atoms with Gasteiger partial charge >= 0.3 is 18.0 Å². The molecular weight excluding hydrogens is 264 g/mol. The van der Waals surface area contributed by atoms with E-state index in [4.69, 9.17) is 5.11 Å². The fourth-order valence-electron chi connectivity index (χ4n) is 1.54. The van der Waals surface area contributed by atoms with Crippen LogP contribution in [0.25, 0.3) is 0 Å². The van der Waals surface area contributed by atoms with Crippen LogP contribution in [0.1, 0.15) is 32.6 Å². The average molecular weight is 288 g/mol. The van der Waals surface area contributed by atoms with Gasteiger partial charge in [0.25, 0.3) is 0 Å². The van der Waals surface area contributed by atoms with E-state index in [1.54, 1.807) is 7.05 Å². The van der Waals surface area contributed by atoms with Crippen LogP contribution in [-0.2, 0) is 14.3 Å². The third-order valence-electron chi connectivity index (χ3n) is 2.99. The van der Waals surface area contributed by atoms with Crippen molar-refractivity contribution in [2.45, 2.75) is 32.6 Å². The molecule has 0 fully saturated rings. The number of hydrogen-bond acceptors (Lipinski definition) is 4. The Kier molecular flexibility index (Phi) is 9.15. The molecule has 116 valence electrons. The van der Waals surface area contributed by atoms with Crippen molar-refractivity contribution in [1.82, 2.24) is 10.2 Å². The van der Waals surface area contributed by atoms with Crippen LogP contribution in [0.5, 0.6) is 0 Å². The maximum Gasteiger partial charge on any atom is 0.317 e. The maximum atomic E-state index is 11.7. The van der Waals surface area contributed by atoms with Gasteiger partial charge in [0.2, 0.25) is 0 Å². The molecule has 0 aliphatic carbocycles. The lowest BCUT2D eigenvalue weighted by Crippen LogP contribution is -2.39. The number of hydrogen-bond donors (Lipinski definition) is 2. The summed E-state index contributed by atoms with van der Waals surface area (Å²) in [7, 11) is 2.91. The SMILES string of the molecule is COC(=O)CCN(C)C(=O)NCCC(C)CCC(=O)O. The van der Waals surface area contributed by atoms with Crippen LogP contribution in [0.15, 0.2) is 0 Å². The number of nitrogens with one attached hydrogen (secondary N) is 1. The fraction of sp³-hybridized carbons (Fsp3) is 0.769. The van der Waals surface area contributed by atoms with Crippen molar-refractivity contribution in [2.24, 2.45) is 5.92 Å². The highest BCUT2D eigenvalue weighted by atomic mass is 16.5. The van der Waals surface area contributed by atoms with Crippen molar-refractivity contribution >= 4 is 18.0 Å². The monoisotopic (exact) mass is 288 g/mol. The molecule has 7 nitrogen and oxygen atoms in total. The number of urea groups is 1. The Hall–Kier alpha value is -1.79. The first-order valence-electron chi connectivity index (χ1n) is 6.64. The molecule has 0 radical (unpaired) electrons. The molecule has 2 amide bonds. The van der Waals surface area contributed by atoms with Gasteiger partial charge in [-0.15, -0.1) is 0 Å². The van der Waals surface area contributed by atoms with E-state index in [-0.39, 0.29) is 30.8 Å². The van der Waals surface area contributed by atoms with Crippen molar-refractivity contribution in [3.8, 4) is 0 Å². The molecule has 1 atom stereocenters. The van der Waals surface area contributed by atoms with Crippen molar-refractivity contribution in [2.75, 3.05) is 27.2 Å². The zero-order valence-corrected chi connectivity index (χ0v) is 12.3. The number of carbonyl (C=O) groups excluding carboxylic acids is 2. The molecule has 0 saturated heterocycles. The third-order valence-corrected chi connectivity index (χ3v) is 2.99. The highest BCUT2D eigenvalue weighted by Gasteiger charge is 2.11. The summed E-state index contributed by atoms with van der Waals surface area (Å²) in [5, 5.41) is 11.3. The van der Waals surface area contributed by atoms with Crippen LogP contribution < -0.4 is 5.32 Å². The van der Waals surface area contributed by atoms with E-state index < -0.39 is 5.97 Å². The van der Waals surface area contributed by atoms with E-state index in [0.29, 0.717) is 19.5 Å². The first-order chi connectivity index (χ1) is 9.36. The summed E-state index contributed by atoms with van der Waals surface area (Å²) < 4.78 is 4.49. The van der Waals surface area contributed by atoms with Crippen LogP contribution in [0.3, 0.4) is 0 Å². The summed E-state index contributed by atoms with van der Waals surface area (Å²) >= 11 is 0. The Labute approximate surface area is 119 Å². The lowest BCUT2D eigenvalue weighted by atomic mass is 10.0. The Balaban J connectivity index is 3.75. The minimum absolute atomic E-state index is 0.147. The molecule has 0 aliphatic rings. The minimum Gasteiger partial charge on any atom is -0.481 e. The van der Waals surface area contributed by atoms with Gasteiger partial charge in [0.15, 0.2) is 0 Å². The fourth-order valence-corrected chi connectivity index (χ4v) is 1.54. The summed E-state index contributed by atoms with van der Waals surface area (Å²) in [6.45, 7) is 2.74. The Bertz CT molecular complexity index is 333. The molecule has 0 rings (SSSR count). The molecular formula is C13H24N2O5. The van der Waals surface area contributed by atoms with Gasteiger partial charge in [0.05, 0.1) is 13.5 Å².